The number of unbranched alkanes of at least 4 members (excludes halogenated alkanes) is 1. The summed E-state index contributed by atoms with van der Waals surface area (Å²) in [5.74, 6) is 0.852. The van der Waals surface area contributed by atoms with Crippen LogP contribution >= 0.6 is 24.0 Å². The van der Waals surface area contributed by atoms with Gasteiger partial charge in [-0.3, -0.25) is 4.99 Å². The Morgan fingerprint density at radius 3 is 2.28 bits per heavy atom. The molecule has 0 aliphatic rings. The molecule has 2 N–H and O–H groups in total. The number of nitrogens with zero attached hydrogens (tertiary/aromatic N) is 1. The van der Waals surface area contributed by atoms with Gasteiger partial charge in [-0.05, 0) is 11.8 Å². The average Bonchev–Trinajstić information content (AvgIpc) is 2.26. The molecule has 1 unspecified atom stereocenters. The lowest BCUT2D eigenvalue weighted by molar-refractivity contribution is 0.0205. The predicted octanol–water partition coefficient (Wildman–Crippen LogP) is 2.63. The lowest BCUT2D eigenvalue weighted by Gasteiger charge is -2.30. The number of ether oxygens (including phenoxy) is 1. The SMILES string of the molecule is CCCCNC(=NC)NCC(OC)C(C)(C)C.I. The molecule has 110 valence electrons. The highest BCUT2D eigenvalue weighted by Crippen LogP contribution is 2.20. The van der Waals surface area contributed by atoms with E-state index in [-0.39, 0.29) is 35.5 Å². The van der Waals surface area contributed by atoms with Gasteiger partial charge >= 0.3 is 0 Å². The third-order valence-electron chi connectivity index (χ3n) is 2.75. The largest absolute Gasteiger partial charge is 0.379 e. The Bertz CT molecular complexity index is 227. The summed E-state index contributed by atoms with van der Waals surface area (Å²) in [7, 11) is 3.55. The Morgan fingerprint density at radius 1 is 1.28 bits per heavy atom. The van der Waals surface area contributed by atoms with Crippen LogP contribution in [0.25, 0.3) is 0 Å². The summed E-state index contributed by atoms with van der Waals surface area (Å²) in [6.07, 6.45) is 2.52. The van der Waals surface area contributed by atoms with Gasteiger partial charge in [0.15, 0.2) is 5.96 Å². The summed E-state index contributed by atoms with van der Waals surface area (Å²) in [5.41, 5.74) is 0.129. The highest BCUT2D eigenvalue weighted by Gasteiger charge is 2.24. The van der Waals surface area contributed by atoms with Crippen molar-refractivity contribution in [3.05, 3.63) is 0 Å². The second kappa shape index (κ2) is 10.8. The van der Waals surface area contributed by atoms with E-state index in [1.807, 2.05) is 0 Å². The molecule has 0 radical (unpaired) electrons. The van der Waals surface area contributed by atoms with E-state index in [9.17, 15) is 0 Å². The summed E-state index contributed by atoms with van der Waals surface area (Å²) in [6.45, 7) is 10.4. The van der Waals surface area contributed by atoms with Crippen LogP contribution in [0.1, 0.15) is 40.5 Å². The standard InChI is InChI=1S/C13H29N3O.HI/c1-7-8-9-15-12(14-5)16-10-11(17-6)13(2,3)4;/h11H,7-10H2,1-6H3,(H2,14,15,16);1H. The van der Waals surface area contributed by atoms with Gasteiger partial charge in [0.1, 0.15) is 0 Å². The average molecular weight is 371 g/mol. The summed E-state index contributed by atoms with van der Waals surface area (Å²) >= 11 is 0. The van der Waals surface area contributed by atoms with Crippen molar-refractivity contribution >= 4 is 29.9 Å². The fraction of sp³-hybridized carbons (Fsp3) is 0.923. The van der Waals surface area contributed by atoms with Crippen molar-refractivity contribution in [1.29, 1.82) is 0 Å². The fourth-order valence-corrected chi connectivity index (χ4v) is 1.54. The first kappa shape index (κ1) is 20.3. The maximum absolute atomic E-state index is 5.49. The van der Waals surface area contributed by atoms with Gasteiger partial charge in [0, 0.05) is 27.2 Å². The summed E-state index contributed by atoms with van der Waals surface area (Å²) in [6, 6.07) is 0. The van der Waals surface area contributed by atoms with Gasteiger partial charge in [0.05, 0.1) is 6.10 Å². The molecule has 0 bridgehead atoms. The first-order chi connectivity index (χ1) is 7.95. The van der Waals surface area contributed by atoms with Crippen molar-refractivity contribution in [1.82, 2.24) is 10.6 Å². The van der Waals surface area contributed by atoms with Gasteiger partial charge in [-0.2, -0.15) is 0 Å². The molecule has 0 aromatic rings. The molecule has 0 saturated heterocycles. The smallest absolute Gasteiger partial charge is 0.191 e. The van der Waals surface area contributed by atoms with E-state index in [0.29, 0.717) is 0 Å². The molecule has 0 aliphatic heterocycles. The van der Waals surface area contributed by atoms with E-state index in [0.717, 1.165) is 25.5 Å². The Kier molecular flexibility index (Phi) is 12.2. The van der Waals surface area contributed by atoms with E-state index in [2.05, 4.69) is 43.3 Å². The molecule has 0 fully saturated rings. The number of hydrogen-bond donors (Lipinski definition) is 2. The van der Waals surface area contributed by atoms with E-state index < -0.39 is 0 Å². The molecule has 4 nitrogen and oxygen atoms in total. The number of halogens is 1. The first-order valence-electron chi connectivity index (χ1n) is 6.43. The molecular formula is C13H30IN3O. The Morgan fingerprint density at radius 2 is 1.89 bits per heavy atom. The van der Waals surface area contributed by atoms with Crippen LogP contribution < -0.4 is 10.6 Å². The van der Waals surface area contributed by atoms with Crippen molar-refractivity contribution in [2.24, 2.45) is 10.4 Å². The van der Waals surface area contributed by atoms with E-state index in [1.54, 1.807) is 14.2 Å². The molecule has 0 aromatic heterocycles. The zero-order chi connectivity index (χ0) is 13.3. The van der Waals surface area contributed by atoms with Crippen LogP contribution in [0.3, 0.4) is 0 Å². The quantitative estimate of drug-likeness (QED) is 0.327. The highest BCUT2D eigenvalue weighted by molar-refractivity contribution is 14.0. The van der Waals surface area contributed by atoms with Crippen LogP contribution in [-0.4, -0.2) is 39.3 Å². The summed E-state index contributed by atoms with van der Waals surface area (Å²) < 4.78 is 5.49. The second-order valence-corrected chi connectivity index (χ2v) is 5.32. The fourth-order valence-electron chi connectivity index (χ4n) is 1.54. The van der Waals surface area contributed by atoms with Gasteiger partial charge < -0.3 is 15.4 Å². The normalized spacial score (nSPS) is 13.8. The molecule has 18 heavy (non-hydrogen) atoms. The number of rotatable bonds is 6. The zero-order valence-corrected chi connectivity index (χ0v) is 15.0. The van der Waals surface area contributed by atoms with Crippen LogP contribution in [0, 0.1) is 5.41 Å². The number of nitrogens with one attached hydrogen (secondary N) is 2. The van der Waals surface area contributed by atoms with Crippen molar-refractivity contribution in [2.45, 2.75) is 46.6 Å². The van der Waals surface area contributed by atoms with Crippen molar-refractivity contribution in [3.8, 4) is 0 Å². The number of hydrogen-bond acceptors (Lipinski definition) is 2. The minimum Gasteiger partial charge on any atom is -0.379 e. The third kappa shape index (κ3) is 8.97. The summed E-state index contributed by atoms with van der Waals surface area (Å²) in [5, 5.41) is 6.58. The molecular weight excluding hydrogens is 341 g/mol. The van der Waals surface area contributed by atoms with Crippen molar-refractivity contribution < 1.29 is 4.74 Å². The molecule has 0 aliphatic carbocycles. The Balaban J connectivity index is 0. The van der Waals surface area contributed by atoms with Gasteiger partial charge in [0.2, 0.25) is 0 Å². The lowest BCUT2D eigenvalue weighted by Crippen LogP contribution is -2.45. The van der Waals surface area contributed by atoms with Gasteiger partial charge in [-0.25, -0.2) is 0 Å². The van der Waals surface area contributed by atoms with Gasteiger partial charge in [0.25, 0.3) is 0 Å². The minimum absolute atomic E-state index is 0. The second-order valence-electron chi connectivity index (χ2n) is 5.32. The first-order valence-corrected chi connectivity index (χ1v) is 6.43. The van der Waals surface area contributed by atoms with E-state index >= 15 is 0 Å². The van der Waals surface area contributed by atoms with Crippen LogP contribution in [-0.2, 0) is 4.74 Å². The minimum atomic E-state index is 0. The maximum Gasteiger partial charge on any atom is 0.191 e. The van der Waals surface area contributed by atoms with Crippen LogP contribution in [0.4, 0.5) is 0 Å². The Hall–Kier alpha value is -0.0400. The molecule has 5 heteroatoms. The maximum atomic E-state index is 5.49. The van der Waals surface area contributed by atoms with E-state index in [4.69, 9.17) is 4.74 Å². The monoisotopic (exact) mass is 371 g/mol. The molecule has 0 amide bonds. The van der Waals surface area contributed by atoms with Crippen LogP contribution in [0.5, 0.6) is 0 Å². The number of guanidine groups is 1. The van der Waals surface area contributed by atoms with Crippen LogP contribution in [0.2, 0.25) is 0 Å². The molecule has 0 rings (SSSR count). The van der Waals surface area contributed by atoms with Gasteiger partial charge in [-0.1, -0.05) is 34.1 Å². The summed E-state index contributed by atoms with van der Waals surface area (Å²) in [4.78, 5) is 4.19. The van der Waals surface area contributed by atoms with Gasteiger partial charge in [-0.15, -0.1) is 24.0 Å². The predicted molar refractivity (Wildman–Crippen MR) is 89.9 cm³/mol. The van der Waals surface area contributed by atoms with Crippen molar-refractivity contribution in [2.75, 3.05) is 27.2 Å². The molecule has 1 atom stereocenters. The zero-order valence-electron chi connectivity index (χ0n) is 12.7. The highest BCUT2D eigenvalue weighted by atomic mass is 127. The molecule has 0 aromatic carbocycles. The lowest BCUT2D eigenvalue weighted by atomic mass is 9.89. The van der Waals surface area contributed by atoms with Crippen LogP contribution in [0.15, 0.2) is 4.99 Å². The topological polar surface area (TPSA) is 45.7 Å². The third-order valence-corrected chi connectivity index (χ3v) is 2.75. The molecule has 0 heterocycles. The number of methoxy groups -OCH3 is 1. The van der Waals surface area contributed by atoms with Crippen molar-refractivity contribution in [3.63, 3.8) is 0 Å². The molecule has 0 spiro atoms. The number of aliphatic imine (C=N–C) groups is 1. The molecule has 0 saturated carbocycles. The Labute approximate surface area is 129 Å². The van der Waals surface area contributed by atoms with E-state index in [1.165, 1.54) is 6.42 Å².